The minimum absolute atomic E-state index is 0.177. The maximum absolute atomic E-state index is 13.4. The Morgan fingerprint density at radius 1 is 1.21 bits per heavy atom. The van der Waals surface area contributed by atoms with Crippen molar-refractivity contribution in [3.05, 3.63) is 63.9 Å². The van der Waals surface area contributed by atoms with E-state index >= 15 is 0 Å². The topological polar surface area (TPSA) is 35.2 Å². The van der Waals surface area contributed by atoms with Crippen LogP contribution in [0.4, 0.5) is 4.39 Å². The smallest absolute Gasteiger partial charge is 0.137 e. The molecule has 100 valence electrons. The fraction of sp³-hybridized carbons (Fsp3) is 0.200. The molecule has 19 heavy (non-hydrogen) atoms. The van der Waals surface area contributed by atoms with Crippen molar-refractivity contribution < 1.29 is 9.13 Å². The van der Waals surface area contributed by atoms with Crippen molar-refractivity contribution in [1.82, 2.24) is 0 Å². The Bertz CT molecular complexity index is 557. The molecule has 0 aliphatic carbocycles. The van der Waals surface area contributed by atoms with Crippen molar-refractivity contribution in [3.8, 4) is 5.75 Å². The van der Waals surface area contributed by atoms with Crippen molar-refractivity contribution in [3.63, 3.8) is 0 Å². The number of hydrogen-bond acceptors (Lipinski definition) is 2. The second-order valence-electron chi connectivity index (χ2n) is 4.30. The Morgan fingerprint density at radius 3 is 2.53 bits per heavy atom. The van der Waals surface area contributed by atoms with Crippen LogP contribution in [-0.4, -0.2) is 7.11 Å². The number of ether oxygens (including phenoxy) is 1. The minimum Gasteiger partial charge on any atom is -0.497 e. The molecule has 0 fully saturated rings. The second-order valence-corrected chi connectivity index (χ2v) is 5.09. The van der Waals surface area contributed by atoms with Gasteiger partial charge in [-0.05, 0) is 51.7 Å². The molecule has 2 aromatic rings. The van der Waals surface area contributed by atoms with Gasteiger partial charge in [0.2, 0.25) is 0 Å². The van der Waals surface area contributed by atoms with E-state index in [0.29, 0.717) is 10.9 Å². The van der Waals surface area contributed by atoms with E-state index in [2.05, 4.69) is 15.9 Å². The quantitative estimate of drug-likeness (QED) is 0.927. The zero-order chi connectivity index (χ0) is 13.8. The van der Waals surface area contributed by atoms with Gasteiger partial charge in [0.25, 0.3) is 0 Å². The van der Waals surface area contributed by atoms with Gasteiger partial charge in [-0.1, -0.05) is 24.3 Å². The van der Waals surface area contributed by atoms with Crippen LogP contribution < -0.4 is 10.5 Å². The zero-order valence-electron chi connectivity index (χ0n) is 10.6. The Hall–Kier alpha value is -1.39. The SMILES string of the molecule is COc1ccc(C(N)Cc2cccc(F)c2Br)cc1. The van der Waals surface area contributed by atoms with Gasteiger partial charge in [0.15, 0.2) is 0 Å². The van der Waals surface area contributed by atoms with E-state index in [1.54, 1.807) is 13.2 Å². The molecule has 2 nitrogen and oxygen atoms in total. The summed E-state index contributed by atoms with van der Waals surface area (Å²) in [6.07, 6.45) is 0.574. The first-order valence-electron chi connectivity index (χ1n) is 5.94. The molecule has 0 saturated heterocycles. The van der Waals surface area contributed by atoms with Gasteiger partial charge in [0.1, 0.15) is 11.6 Å². The van der Waals surface area contributed by atoms with Crippen molar-refractivity contribution in [2.45, 2.75) is 12.5 Å². The van der Waals surface area contributed by atoms with Gasteiger partial charge in [-0.15, -0.1) is 0 Å². The molecule has 1 atom stereocenters. The fourth-order valence-corrected chi connectivity index (χ4v) is 2.34. The summed E-state index contributed by atoms with van der Waals surface area (Å²) < 4.78 is 19.0. The maximum Gasteiger partial charge on any atom is 0.137 e. The van der Waals surface area contributed by atoms with Crippen LogP contribution in [0.2, 0.25) is 0 Å². The number of benzene rings is 2. The highest BCUT2D eigenvalue weighted by Gasteiger charge is 2.11. The number of hydrogen-bond donors (Lipinski definition) is 1. The van der Waals surface area contributed by atoms with Crippen LogP contribution >= 0.6 is 15.9 Å². The average molecular weight is 324 g/mol. The third kappa shape index (κ3) is 3.33. The first-order chi connectivity index (χ1) is 9.11. The van der Waals surface area contributed by atoms with E-state index in [1.807, 2.05) is 30.3 Å². The van der Waals surface area contributed by atoms with Crippen LogP contribution in [0, 0.1) is 5.82 Å². The predicted octanol–water partition coefficient (Wildman–Crippen LogP) is 3.84. The molecule has 1 unspecified atom stereocenters. The van der Waals surface area contributed by atoms with Crippen LogP contribution in [0.1, 0.15) is 17.2 Å². The molecular formula is C15H15BrFNO. The van der Waals surface area contributed by atoms with Crippen molar-refractivity contribution in [1.29, 1.82) is 0 Å². The summed E-state index contributed by atoms with van der Waals surface area (Å²) in [6.45, 7) is 0. The van der Waals surface area contributed by atoms with Crippen molar-refractivity contribution in [2.24, 2.45) is 5.73 Å². The number of methoxy groups -OCH3 is 1. The summed E-state index contributed by atoms with van der Waals surface area (Å²) in [5.74, 6) is 0.530. The first-order valence-corrected chi connectivity index (χ1v) is 6.73. The molecule has 0 radical (unpaired) electrons. The molecule has 4 heteroatoms. The van der Waals surface area contributed by atoms with E-state index < -0.39 is 0 Å². The molecule has 0 saturated carbocycles. The second kappa shape index (κ2) is 6.17. The van der Waals surface area contributed by atoms with E-state index in [9.17, 15) is 4.39 Å². The molecular weight excluding hydrogens is 309 g/mol. The fourth-order valence-electron chi connectivity index (χ4n) is 1.91. The molecule has 0 amide bonds. The van der Waals surface area contributed by atoms with Crippen LogP contribution in [0.15, 0.2) is 46.9 Å². The Labute approximate surface area is 120 Å². The molecule has 2 aromatic carbocycles. The number of halogens is 2. The minimum atomic E-state index is -0.264. The van der Waals surface area contributed by atoms with Crippen molar-refractivity contribution in [2.75, 3.05) is 7.11 Å². The average Bonchev–Trinajstić information content (AvgIpc) is 2.44. The third-order valence-corrected chi connectivity index (χ3v) is 3.90. The van der Waals surface area contributed by atoms with E-state index in [-0.39, 0.29) is 11.9 Å². The third-order valence-electron chi connectivity index (χ3n) is 3.02. The van der Waals surface area contributed by atoms with Crippen molar-refractivity contribution >= 4 is 15.9 Å². The van der Waals surface area contributed by atoms with Gasteiger partial charge in [0.05, 0.1) is 11.6 Å². The molecule has 0 aromatic heterocycles. The standard InChI is InChI=1S/C15H15BrFNO/c1-19-12-7-5-10(6-8-12)14(18)9-11-3-2-4-13(17)15(11)16/h2-8,14H,9,18H2,1H3. The number of nitrogens with two attached hydrogens (primary N) is 1. The van der Waals surface area contributed by atoms with Crippen LogP contribution in [-0.2, 0) is 6.42 Å². The lowest BCUT2D eigenvalue weighted by atomic mass is 9.99. The molecule has 2 rings (SSSR count). The Morgan fingerprint density at radius 2 is 1.89 bits per heavy atom. The van der Waals surface area contributed by atoms with Gasteiger partial charge in [-0.25, -0.2) is 4.39 Å². The summed E-state index contributed by atoms with van der Waals surface area (Å²) >= 11 is 3.25. The van der Waals surface area contributed by atoms with E-state index in [4.69, 9.17) is 10.5 Å². The van der Waals surface area contributed by atoms with E-state index in [1.165, 1.54) is 6.07 Å². The molecule has 0 spiro atoms. The lowest BCUT2D eigenvalue weighted by molar-refractivity contribution is 0.414. The highest BCUT2D eigenvalue weighted by atomic mass is 79.9. The summed E-state index contributed by atoms with van der Waals surface area (Å²) in [5, 5.41) is 0. The van der Waals surface area contributed by atoms with E-state index in [0.717, 1.165) is 16.9 Å². The van der Waals surface area contributed by atoms with Gasteiger partial charge in [-0.2, -0.15) is 0 Å². The molecule has 2 N–H and O–H groups in total. The number of rotatable bonds is 4. The molecule has 0 aliphatic heterocycles. The highest BCUT2D eigenvalue weighted by Crippen LogP contribution is 2.25. The molecule has 0 aliphatic rings. The molecule has 0 bridgehead atoms. The molecule has 0 heterocycles. The van der Waals surface area contributed by atoms with Gasteiger partial charge in [0, 0.05) is 6.04 Å². The van der Waals surface area contributed by atoms with Gasteiger partial charge < -0.3 is 10.5 Å². The summed E-state index contributed by atoms with van der Waals surface area (Å²) in [4.78, 5) is 0. The summed E-state index contributed by atoms with van der Waals surface area (Å²) in [5.41, 5.74) is 8.01. The van der Waals surface area contributed by atoms with Gasteiger partial charge >= 0.3 is 0 Å². The predicted molar refractivity (Wildman–Crippen MR) is 77.7 cm³/mol. The van der Waals surface area contributed by atoms with Crippen LogP contribution in [0.3, 0.4) is 0 Å². The lowest BCUT2D eigenvalue weighted by Crippen LogP contribution is -2.13. The summed E-state index contributed by atoms with van der Waals surface area (Å²) in [6, 6.07) is 12.4. The Balaban J connectivity index is 2.15. The largest absolute Gasteiger partial charge is 0.497 e. The van der Waals surface area contributed by atoms with Gasteiger partial charge in [-0.3, -0.25) is 0 Å². The maximum atomic E-state index is 13.4. The van der Waals surface area contributed by atoms with Crippen LogP contribution in [0.5, 0.6) is 5.75 Å². The lowest BCUT2D eigenvalue weighted by Gasteiger charge is -2.14. The zero-order valence-corrected chi connectivity index (χ0v) is 12.2. The van der Waals surface area contributed by atoms with Crippen LogP contribution in [0.25, 0.3) is 0 Å². The first kappa shape index (κ1) is 14.0. The Kier molecular flexibility index (Phi) is 4.56. The summed E-state index contributed by atoms with van der Waals surface area (Å²) in [7, 11) is 1.62. The highest BCUT2D eigenvalue weighted by molar-refractivity contribution is 9.10. The normalized spacial score (nSPS) is 12.2. The monoisotopic (exact) mass is 323 g/mol.